The lowest BCUT2D eigenvalue weighted by Crippen LogP contribution is -1.99. The third-order valence-electron chi connectivity index (χ3n) is 4.29. The van der Waals surface area contributed by atoms with Crippen LogP contribution in [0.3, 0.4) is 0 Å². The molecule has 4 nitrogen and oxygen atoms in total. The van der Waals surface area contributed by atoms with E-state index in [1.165, 1.54) is 12.1 Å². The first-order valence-corrected chi connectivity index (χ1v) is 8.88. The second-order valence-electron chi connectivity index (χ2n) is 6.24. The van der Waals surface area contributed by atoms with Crippen molar-refractivity contribution in [3.8, 4) is 22.6 Å². The minimum absolute atomic E-state index is 0.280. The van der Waals surface area contributed by atoms with Gasteiger partial charge in [-0.25, -0.2) is 9.82 Å². The minimum atomic E-state index is -0.280. The van der Waals surface area contributed by atoms with Crippen LogP contribution in [0.2, 0.25) is 0 Å². The van der Waals surface area contributed by atoms with Crippen molar-refractivity contribution in [3.63, 3.8) is 0 Å². The number of rotatable bonds is 5. The van der Waals surface area contributed by atoms with Crippen LogP contribution in [0.25, 0.3) is 22.6 Å². The Morgan fingerprint density at radius 1 is 0.857 bits per heavy atom. The van der Waals surface area contributed by atoms with Gasteiger partial charge in [-0.15, -0.1) is 0 Å². The summed E-state index contributed by atoms with van der Waals surface area (Å²) in [6.07, 6.45) is 0. The highest BCUT2D eigenvalue weighted by Gasteiger charge is 2.16. The van der Waals surface area contributed by atoms with Gasteiger partial charge in [0, 0.05) is 11.1 Å². The third-order valence-corrected chi connectivity index (χ3v) is 4.29. The molecule has 0 aliphatic heterocycles. The number of nitrogens with one attached hydrogen (secondary N) is 1. The Morgan fingerprint density at radius 3 is 2.11 bits per heavy atom. The minimum Gasteiger partial charge on any atom is -0.422 e. The Labute approximate surface area is 162 Å². The fourth-order valence-electron chi connectivity index (χ4n) is 2.83. The van der Waals surface area contributed by atoms with Crippen LogP contribution in [0, 0.1) is 5.82 Å². The lowest BCUT2D eigenvalue weighted by atomic mass is 10.1. The second-order valence-corrected chi connectivity index (χ2v) is 6.24. The SMILES string of the molecule is C/C(=N\Nc1nc(-c2ccccc2)c(-c2ccccc2)o1)c1ccc(F)cc1. The summed E-state index contributed by atoms with van der Waals surface area (Å²) in [4.78, 5) is 4.59. The van der Waals surface area contributed by atoms with Crippen LogP contribution in [0.5, 0.6) is 0 Å². The highest BCUT2D eigenvalue weighted by molar-refractivity contribution is 5.99. The van der Waals surface area contributed by atoms with Gasteiger partial charge in [0.15, 0.2) is 5.76 Å². The number of oxazole rings is 1. The van der Waals surface area contributed by atoms with Crippen LogP contribution in [0.1, 0.15) is 12.5 Å². The molecule has 4 rings (SSSR count). The van der Waals surface area contributed by atoms with Gasteiger partial charge in [-0.1, -0.05) is 72.8 Å². The van der Waals surface area contributed by atoms with Gasteiger partial charge in [0.25, 0.3) is 0 Å². The Bertz CT molecular complexity index is 1030. The largest absolute Gasteiger partial charge is 0.422 e. The summed E-state index contributed by atoms with van der Waals surface area (Å²) in [5.74, 6) is 0.390. The van der Waals surface area contributed by atoms with Crippen molar-refractivity contribution in [1.29, 1.82) is 0 Å². The molecule has 0 spiro atoms. The molecule has 0 aliphatic rings. The van der Waals surface area contributed by atoms with E-state index in [4.69, 9.17) is 4.42 Å². The predicted molar refractivity (Wildman–Crippen MR) is 110 cm³/mol. The van der Waals surface area contributed by atoms with Crippen molar-refractivity contribution in [2.45, 2.75) is 6.92 Å². The fraction of sp³-hybridized carbons (Fsp3) is 0.0435. The first kappa shape index (κ1) is 17.7. The second kappa shape index (κ2) is 7.88. The van der Waals surface area contributed by atoms with Crippen LogP contribution < -0.4 is 5.43 Å². The molecule has 1 N–H and O–H groups in total. The van der Waals surface area contributed by atoms with Crippen molar-refractivity contribution in [2.24, 2.45) is 5.10 Å². The summed E-state index contributed by atoms with van der Waals surface area (Å²) in [6.45, 7) is 1.83. The number of hydrogen-bond acceptors (Lipinski definition) is 4. The molecule has 1 aromatic heterocycles. The van der Waals surface area contributed by atoms with Crippen LogP contribution in [0.15, 0.2) is 94.4 Å². The summed E-state index contributed by atoms with van der Waals surface area (Å²) >= 11 is 0. The highest BCUT2D eigenvalue weighted by Crippen LogP contribution is 2.34. The Balaban J connectivity index is 1.67. The van der Waals surface area contributed by atoms with Gasteiger partial charge in [-0.3, -0.25) is 0 Å². The van der Waals surface area contributed by atoms with Gasteiger partial charge in [0.05, 0.1) is 5.71 Å². The van der Waals surface area contributed by atoms with Gasteiger partial charge >= 0.3 is 6.01 Å². The van der Waals surface area contributed by atoms with Crippen LogP contribution in [-0.2, 0) is 0 Å². The first-order chi connectivity index (χ1) is 13.7. The lowest BCUT2D eigenvalue weighted by Gasteiger charge is -2.01. The molecule has 3 aromatic carbocycles. The molecule has 0 fully saturated rings. The maximum atomic E-state index is 13.1. The first-order valence-electron chi connectivity index (χ1n) is 8.88. The number of hydrazone groups is 1. The highest BCUT2D eigenvalue weighted by atomic mass is 19.1. The van der Waals surface area contributed by atoms with Crippen molar-refractivity contribution in [1.82, 2.24) is 4.98 Å². The Morgan fingerprint density at radius 2 is 1.46 bits per heavy atom. The van der Waals surface area contributed by atoms with Gasteiger partial charge < -0.3 is 4.42 Å². The molecule has 0 saturated carbocycles. The zero-order chi connectivity index (χ0) is 19.3. The van der Waals surface area contributed by atoms with Gasteiger partial charge in [-0.2, -0.15) is 10.1 Å². The smallest absolute Gasteiger partial charge is 0.316 e. The summed E-state index contributed by atoms with van der Waals surface area (Å²) in [5, 5.41) is 4.32. The molecule has 1 heterocycles. The summed E-state index contributed by atoms with van der Waals surface area (Å²) in [5.41, 5.74) is 7.01. The summed E-state index contributed by atoms with van der Waals surface area (Å²) in [6, 6.07) is 26.1. The van der Waals surface area contributed by atoms with E-state index in [-0.39, 0.29) is 5.82 Å². The van der Waals surface area contributed by atoms with Crippen LogP contribution >= 0.6 is 0 Å². The average molecular weight is 371 g/mol. The monoisotopic (exact) mass is 371 g/mol. The Kier molecular flexibility index (Phi) is 4.97. The predicted octanol–water partition coefficient (Wildman–Crippen LogP) is 5.98. The van der Waals surface area contributed by atoms with E-state index >= 15 is 0 Å². The molecule has 0 amide bonds. The zero-order valence-corrected chi connectivity index (χ0v) is 15.3. The van der Waals surface area contributed by atoms with E-state index in [9.17, 15) is 4.39 Å². The zero-order valence-electron chi connectivity index (χ0n) is 15.3. The number of nitrogens with zero attached hydrogens (tertiary/aromatic N) is 2. The number of halogens is 1. The van der Waals surface area contributed by atoms with Crippen molar-refractivity contribution < 1.29 is 8.81 Å². The standard InChI is InChI=1S/C23H18FN3O/c1-16(17-12-14-20(24)15-13-17)26-27-23-25-21(18-8-4-2-5-9-18)22(28-23)19-10-6-3-7-11-19/h2-15H,1H3,(H,25,27)/b26-16+. The molecule has 0 saturated heterocycles. The molecule has 0 radical (unpaired) electrons. The molecule has 0 unspecified atom stereocenters. The fourth-order valence-corrected chi connectivity index (χ4v) is 2.83. The van der Waals surface area contributed by atoms with Gasteiger partial charge in [0.2, 0.25) is 0 Å². The lowest BCUT2D eigenvalue weighted by molar-refractivity contribution is 0.587. The van der Waals surface area contributed by atoms with E-state index in [2.05, 4.69) is 15.5 Å². The van der Waals surface area contributed by atoms with Crippen molar-refractivity contribution in [2.75, 3.05) is 5.43 Å². The van der Waals surface area contributed by atoms with E-state index in [0.717, 1.165) is 22.4 Å². The maximum Gasteiger partial charge on any atom is 0.316 e. The normalized spacial score (nSPS) is 11.4. The van der Waals surface area contributed by atoms with Crippen molar-refractivity contribution >= 4 is 11.7 Å². The number of benzene rings is 3. The topological polar surface area (TPSA) is 50.4 Å². The molecule has 28 heavy (non-hydrogen) atoms. The van der Waals surface area contributed by atoms with Crippen LogP contribution in [0.4, 0.5) is 10.4 Å². The number of anilines is 1. The van der Waals surface area contributed by atoms with E-state index in [0.29, 0.717) is 17.5 Å². The molecule has 4 aromatic rings. The number of hydrogen-bond donors (Lipinski definition) is 1. The quantitative estimate of drug-likeness (QED) is 0.347. The van der Waals surface area contributed by atoms with Crippen molar-refractivity contribution in [3.05, 3.63) is 96.3 Å². The molecular formula is C23H18FN3O. The van der Waals surface area contributed by atoms with E-state index in [1.807, 2.05) is 67.6 Å². The molecular weight excluding hydrogens is 353 g/mol. The third kappa shape index (κ3) is 3.83. The maximum absolute atomic E-state index is 13.1. The molecule has 138 valence electrons. The molecule has 5 heteroatoms. The summed E-state index contributed by atoms with van der Waals surface area (Å²) in [7, 11) is 0. The number of aromatic nitrogens is 1. The summed E-state index contributed by atoms with van der Waals surface area (Å²) < 4.78 is 19.1. The van der Waals surface area contributed by atoms with Gasteiger partial charge in [-0.05, 0) is 24.6 Å². The molecule has 0 atom stereocenters. The molecule has 0 bridgehead atoms. The molecule has 0 aliphatic carbocycles. The van der Waals surface area contributed by atoms with Crippen LogP contribution in [-0.4, -0.2) is 10.7 Å². The van der Waals surface area contributed by atoms with E-state index in [1.54, 1.807) is 12.1 Å². The Hall–Kier alpha value is -3.73. The average Bonchev–Trinajstić information content (AvgIpc) is 3.18. The van der Waals surface area contributed by atoms with E-state index < -0.39 is 0 Å². The van der Waals surface area contributed by atoms with Gasteiger partial charge in [0.1, 0.15) is 11.5 Å².